The lowest BCUT2D eigenvalue weighted by molar-refractivity contribution is -0.119. The zero-order valence-corrected chi connectivity index (χ0v) is 10.1. The molecule has 0 unspecified atom stereocenters. The lowest BCUT2D eigenvalue weighted by Crippen LogP contribution is -2.37. The average molecular weight is 232 g/mol. The third-order valence-electron chi connectivity index (χ3n) is 2.29. The van der Waals surface area contributed by atoms with Gasteiger partial charge in [-0.1, -0.05) is 0 Å². The molecule has 0 saturated heterocycles. The molecule has 0 atom stereocenters. The topological polar surface area (TPSA) is 69.0 Å². The van der Waals surface area contributed by atoms with Crippen molar-refractivity contribution in [2.75, 3.05) is 24.5 Å². The highest BCUT2D eigenvalue weighted by atomic mass is 16.2. The number of anilines is 1. The van der Waals surface area contributed by atoms with E-state index >= 15 is 0 Å². The number of likely N-dealkylation sites (N-methyl/N-ethyl adjacent to an activating group) is 2. The zero-order valence-electron chi connectivity index (χ0n) is 10.1. The molecule has 1 rings (SSSR count). The fourth-order valence-corrected chi connectivity index (χ4v) is 1.44. The van der Waals surface area contributed by atoms with Crippen molar-refractivity contribution in [1.29, 1.82) is 5.26 Å². The molecule has 1 aromatic heterocycles. The first-order chi connectivity index (χ1) is 8.21. The van der Waals surface area contributed by atoms with E-state index in [2.05, 4.69) is 16.4 Å². The minimum atomic E-state index is -0.0430. The van der Waals surface area contributed by atoms with Gasteiger partial charge in [0.15, 0.2) is 0 Å². The van der Waals surface area contributed by atoms with Gasteiger partial charge in [-0.3, -0.25) is 4.79 Å². The van der Waals surface area contributed by atoms with Gasteiger partial charge in [-0.25, -0.2) is 4.98 Å². The molecule has 5 nitrogen and oxygen atoms in total. The molecule has 0 bridgehead atoms. The van der Waals surface area contributed by atoms with Crippen LogP contribution in [-0.4, -0.2) is 30.5 Å². The van der Waals surface area contributed by atoms with Crippen LogP contribution in [0.5, 0.6) is 0 Å². The number of amides is 1. The summed E-state index contributed by atoms with van der Waals surface area (Å²) in [6.07, 6.45) is 1.58. The summed E-state index contributed by atoms with van der Waals surface area (Å²) in [6, 6.07) is 5.38. The zero-order chi connectivity index (χ0) is 12.7. The summed E-state index contributed by atoms with van der Waals surface area (Å²) in [5, 5.41) is 11.5. The molecule has 0 fully saturated rings. The summed E-state index contributed by atoms with van der Waals surface area (Å²) in [6.45, 7) is 5.36. The lowest BCUT2D eigenvalue weighted by Gasteiger charge is -2.21. The predicted octanol–water partition coefficient (Wildman–Crippen LogP) is 0.916. The van der Waals surface area contributed by atoms with E-state index in [1.165, 1.54) is 0 Å². The van der Waals surface area contributed by atoms with Crippen molar-refractivity contribution in [2.24, 2.45) is 0 Å². The normalized spacial score (nSPS) is 9.47. The number of carbonyl (C=O) groups is 1. The largest absolute Gasteiger partial charge is 0.355 e. The van der Waals surface area contributed by atoms with E-state index < -0.39 is 0 Å². The van der Waals surface area contributed by atoms with E-state index in [1.807, 2.05) is 18.7 Å². The van der Waals surface area contributed by atoms with Gasteiger partial charge in [0.1, 0.15) is 5.82 Å². The third-order valence-corrected chi connectivity index (χ3v) is 2.29. The molecule has 1 heterocycles. The monoisotopic (exact) mass is 232 g/mol. The fourth-order valence-electron chi connectivity index (χ4n) is 1.44. The van der Waals surface area contributed by atoms with Crippen LogP contribution in [0, 0.1) is 11.3 Å². The number of hydrogen-bond donors (Lipinski definition) is 1. The number of rotatable bonds is 5. The highest BCUT2D eigenvalue weighted by molar-refractivity contribution is 5.80. The number of nitrogens with one attached hydrogen (secondary N) is 1. The molecular formula is C12H16N4O. The Morgan fingerprint density at radius 2 is 2.35 bits per heavy atom. The SMILES string of the molecule is CCNC(=O)CN(CC)c1cc(C#N)ccn1. The van der Waals surface area contributed by atoms with Crippen LogP contribution in [0.3, 0.4) is 0 Å². The van der Waals surface area contributed by atoms with E-state index in [0.29, 0.717) is 24.5 Å². The second kappa shape index (κ2) is 6.48. The van der Waals surface area contributed by atoms with Gasteiger partial charge < -0.3 is 10.2 Å². The molecule has 0 aliphatic carbocycles. The van der Waals surface area contributed by atoms with Gasteiger partial charge in [-0.05, 0) is 26.0 Å². The van der Waals surface area contributed by atoms with E-state index in [1.54, 1.807) is 18.3 Å². The first-order valence-electron chi connectivity index (χ1n) is 5.59. The summed E-state index contributed by atoms with van der Waals surface area (Å²) in [4.78, 5) is 17.5. The van der Waals surface area contributed by atoms with Crippen molar-refractivity contribution in [1.82, 2.24) is 10.3 Å². The standard InChI is InChI=1S/C12H16N4O/c1-3-14-12(17)9-16(4-2)11-7-10(8-13)5-6-15-11/h5-7H,3-4,9H2,1-2H3,(H,14,17). The minimum absolute atomic E-state index is 0.0430. The number of pyridine rings is 1. The van der Waals surface area contributed by atoms with Crippen molar-refractivity contribution in [3.8, 4) is 6.07 Å². The number of nitriles is 1. The van der Waals surface area contributed by atoms with Gasteiger partial charge in [-0.15, -0.1) is 0 Å². The first kappa shape index (κ1) is 13.0. The molecule has 1 amide bonds. The van der Waals surface area contributed by atoms with Gasteiger partial charge in [0.2, 0.25) is 5.91 Å². The highest BCUT2D eigenvalue weighted by Gasteiger charge is 2.10. The number of nitrogens with zero attached hydrogens (tertiary/aromatic N) is 3. The van der Waals surface area contributed by atoms with Crippen molar-refractivity contribution in [3.63, 3.8) is 0 Å². The predicted molar refractivity (Wildman–Crippen MR) is 65.5 cm³/mol. The second-order valence-electron chi connectivity index (χ2n) is 3.48. The van der Waals surface area contributed by atoms with Crippen LogP contribution >= 0.6 is 0 Å². The maximum atomic E-state index is 11.5. The average Bonchev–Trinajstić information content (AvgIpc) is 2.36. The van der Waals surface area contributed by atoms with Crippen LogP contribution in [0.4, 0.5) is 5.82 Å². The van der Waals surface area contributed by atoms with Crippen LogP contribution in [0.1, 0.15) is 19.4 Å². The summed E-state index contributed by atoms with van der Waals surface area (Å²) in [7, 11) is 0. The molecule has 0 aliphatic heterocycles. The van der Waals surface area contributed by atoms with Gasteiger partial charge in [-0.2, -0.15) is 5.26 Å². The second-order valence-corrected chi connectivity index (χ2v) is 3.48. The Labute approximate surface area is 101 Å². The van der Waals surface area contributed by atoms with Crippen LogP contribution in [0.2, 0.25) is 0 Å². The summed E-state index contributed by atoms with van der Waals surface area (Å²) >= 11 is 0. The molecule has 1 N–H and O–H groups in total. The van der Waals surface area contributed by atoms with Gasteiger partial charge in [0, 0.05) is 19.3 Å². The van der Waals surface area contributed by atoms with E-state index in [4.69, 9.17) is 5.26 Å². The Kier molecular flexibility index (Phi) is 4.95. The first-order valence-corrected chi connectivity index (χ1v) is 5.59. The van der Waals surface area contributed by atoms with Crippen LogP contribution in [-0.2, 0) is 4.79 Å². The molecule has 0 spiro atoms. The molecular weight excluding hydrogens is 216 g/mol. The Hall–Kier alpha value is -2.09. The van der Waals surface area contributed by atoms with Crippen molar-refractivity contribution in [2.45, 2.75) is 13.8 Å². The van der Waals surface area contributed by atoms with Crippen LogP contribution in [0.15, 0.2) is 18.3 Å². The highest BCUT2D eigenvalue weighted by Crippen LogP contribution is 2.11. The number of carbonyl (C=O) groups excluding carboxylic acids is 1. The van der Waals surface area contributed by atoms with Crippen LogP contribution < -0.4 is 10.2 Å². The molecule has 1 aromatic rings. The summed E-state index contributed by atoms with van der Waals surface area (Å²) in [5.74, 6) is 0.608. The number of aromatic nitrogens is 1. The maximum absolute atomic E-state index is 11.5. The molecule has 0 aliphatic rings. The molecule has 0 saturated carbocycles. The summed E-state index contributed by atoms with van der Waals surface area (Å²) in [5.41, 5.74) is 0.546. The molecule has 5 heteroatoms. The minimum Gasteiger partial charge on any atom is -0.355 e. The summed E-state index contributed by atoms with van der Waals surface area (Å²) < 4.78 is 0. The fraction of sp³-hybridized carbons (Fsp3) is 0.417. The van der Waals surface area contributed by atoms with E-state index in [-0.39, 0.29) is 12.5 Å². The Morgan fingerprint density at radius 3 is 2.94 bits per heavy atom. The van der Waals surface area contributed by atoms with Crippen LogP contribution in [0.25, 0.3) is 0 Å². The smallest absolute Gasteiger partial charge is 0.239 e. The maximum Gasteiger partial charge on any atom is 0.239 e. The van der Waals surface area contributed by atoms with E-state index in [0.717, 1.165) is 0 Å². The molecule has 0 aromatic carbocycles. The van der Waals surface area contributed by atoms with Crippen molar-refractivity contribution < 1.29 is 4.79 Å². The molecule has 90 valence electrons. The molecule has 17 heavy (non-hydrogen) atoms. The van der Waals surface area contributed by atoms with Crippen molar-refractivity contribution in [3.05, 3.63) is 23.9 Å². The Balaban J connectivity index is 2.79. The Bertz CT molecular complexity index is 425. The lowest BCUT2D eigenvalue weighted by atomic mass is 10.3. The number of hydrogen-bond acceptors (Lipinski definition) is 4. The Morgan fingerprint density at radius 1 is 1.59 bits per heavy atom. The quantitative estimate of drug-likeness (QED) is 0.819. The van der Waals surface area contributed by atoms with Crippen molar-refractivity contribution >= 4 is 11.7 Å². The third kappa shape index (κ3) is 3.76. The van der Waals surface area contributed by atoms with Gasteiger partial charge >= 0.3 is 0 Å². The molecule has 0 radical (unpaired) electrons. The van der Waals surface area contributed by atoms with E-state index in [9.17, 15) is 4.79 Å². The van der Waals surface area contributed by atoms with Gasteiger partial charge in [0.05, 0.1) is 18.2 Å². The van der Waals surface area contributed by atoms with Gasteiger partial charge in [0.25, 0.3) is 0 Å².